The summed E-state index contributed by atoms with van der Waals surface area (Å²) in [6.07, 6.45) is 92.7. The van der Waals surface area contributed by atoms with Gasteiger partial charge < -0.3 is 28.8 Å². The van der Waals surface area contributed by atoms with Crippen LogP contribution >= 0.6 is 7.82 Å². The Bertz CT molecular complexity index is 1780. The van der Waals surface area contributed by atoms with Crippen LogP contribution in [0.5, 0.6) is 0 Å². The maximum atomic E-state index is 13.0. The number of hydrogen-bond donors (Lipinski definition) is 2. The summed E-state index contributed by atoms with van der Waals surface area (Å²) in [6.45, 7) is 4.50. The zero-order valence-corrected chi connectivity index (χ0v) is 53.8. The number of allylic oxidation sites excluding steroid dienone is 21. The highest BCUT2D eigenvalue weighted by atomic mass is 31.2. The van der Waals surface area contributed by atoms with Crippen molar-refractivity contribution in [3.63, 3.8) is 0 Å². The van der Waals surface area contributed by atoms with Gasteiger partial charge in [-0.15, -0.1) is 0 Å². The van der Waals surface area contributed by atoms with E-state index in [4.69, 9.17) is 9.05 Å². The zero-order valence-electron chi connectivity index (χ0n) is 52.9. The Hall–Kier alpha value is -3.36. The molecule has 0 bridgehead atoms. The SMILES string of the molecule is CC/C=C\C/C=C\C/C=C\C/C=C\C/C=C\C/C=C\C/C=C\C/C=C\CCCCCCCCC(=O)NC(COP(=O)([O-])OCC[N+](C)(C)C)C(O)/C=C/CC/C=C/CC/C=C/CCCCCCCCCCCCCCCCCCCC. The molecule has 2 N–H and O–H groups in total. The lowest BCUT2D eigenvalue weighted by molar-refractivity contribution is -0.870. The molecule has 0 aliphatic heterocycles. The molecule has 0 aromatic rings. The normalized spacial score (nSPS) is 14.6. The van der Waals surface area contributed by atoms with Crippen molar-refractivity contribution in [3.8, 4) is 0 Å². The summed E-state index contributed by atoms with van der Waals surface area (Å²) in [5.41, 5.74) is 0. The minimum absolute atomic E-state index is 0.0195. The third-order valence-corrected chi connectivity index (χ3v) is 15.0. The second kappa shape index (κ2) is 61.2. The van der Waals surface area contributed by atoms with Gasteiger partial charge in [0.2, 0.25) is 5.91 Å². The van der Waals surface area contributed by atoms with E-state index in [1.807, 2.05) is 27.2 Å². The lowest BCUT2D eigenvalue weighted by Crippen LogP contribution is -2.45. The molecule has 3 unspecified atom stereocenters. The van der Waals surface area contributed by atoms with Crippen LogP contribution in [0.25, 0.3) is 0 Å². The fourth-order valence-corrected chi connectivity index (χ4v) is 9.69. The van der Waals surface area contributed by atoms with Gasteiger partial charge in [-0.25, -0.2) is 0 Å². The maximum Gasteiger partial charge on any atom is 0.268 e. The summed E-state index contributed by atoms with van der Waals surface area (Å²) >= 11 is 0. The molecule has 0 fully saturated rings. The molecule has 464 valence electrons. The van der Waals surface area contributed by atoms with Crippen molar-refractivity contribution in [2.24, 2.45) is 0 Å². The van der Waals surface area contributed by atoms with Crippen molar-refractivity contribution in [2.45, 2.75) is 276 Å². The van der Waals surface area contributed by atoms with Gasteiger partial charge in [-0.05, 0) is 109 Å². The van der Waals surface area contributed by atoms with E-state index in [9.17, 15) is 19.4 Å². The molecular formula is C72H125N2O6P. The van der Waals surface area contributed by atoms with Gasteiger partial charge in [-0.3, -0.25) is 9.36 Å². The number of nitrogens with zero attached hydrogens (tertiary/aromatic N) is 1. The number of nitrogens with one attached hydrogen (secondary N) is 1. The minimum Gasteiger partial charge on any atom is -0.756 e. The van der Waals surface area contributed by atoms with Gasteiger partial charge in [0.05, 0.1) is 39.9 Å². The minimum atomic E-state index is -4.63. The van der Waals surface area contributed by atoms with Crippen molar-refractivity contribution in [3.05, 3.63) is 134 Å². The third kappa shape index (κ3) is 64.1. The van der Waals surface area contributed by atoms with Crippen LogP contribution in [-0.4, -0.2) is 68.5 Å². The molecule has 3 atom stereocenters. The number of aliphatic hydroxyl groups excluding tert-OH is 1. The summed E-state index contributed by atoms with van der Waals surface area (Å²) in [5.74, 6) is -0.230. The highest BCUT2D eigenvalue weighted by Crippen LogP contribution is 2.38. The number of rotatable bonds is 59. The number of aliphatic hydroxyl groups is 1. The summed E-state index contributed by atoms with van der Waals surface area (Å²) in [5, 5.41) is 13.9. The zero-order chi connectivity index (χ0) is 59.1. The van der Waals surface area contributed by atoms with Crippen molar-refractivity contribution in [1.82, 2.24) is 5.32 Å². The Morgan fingerprint density at radius 3 is 1.15 bits per heavy atom. The predicted octanol–water partition coefficient (Wildman–Crippen LogP) is 20.4. The molecule has 0 aromatic carbocycles. The number of likely N-dealkylation sites (N-methyl/N-ethyl adjacent to an activating group) is 1. The van der Waals surface area contributed by atoms with Gasteiger partial charge in [0.25, 0.3) is 7.82 Å². The quantitative estimate of drug-likeness (QED) is 0.0272. The molecule has 0 aliphatic carbocycles. The van der Waals surface area contributed by atoms with Crippen molar-refractivity contribution in [1.29, 1.82) is 0 Å². The van der Waals surface area contributed by atoms with Gasteiger partial charge in [-0.2, -0.15) is 0 Å². The van der Waals surface area contributed by atoms with E-state index in [0.29, 0.717) is 17.4 Å². The summed E-state index contributed by atoms with van der Waals surface area (Å²) in [6, 6.07) is -0.930. The van der Waals surface area contributed by atoms with E-state index >= 15 is 0 Å². The molecule has 0 aromatic heterocycles. The van der Waals surface area contributed by atoms with Crippen molar-refractivity contribution >= 4 is 13.7 Å². The first kappa shape index (κ1) is 77.6. The van der Waals surface area contributed by atoms with Gasteiger partial charge in [0.15, 0.2) is 0 Å². The molecule has 9 heteroatoms. The van der Waals surface area contributed by atoms with E-state index in [1.165, 1.54) is 122 Å². The van der Waals surface area contributed by atoms with Crippen LogP contribution in [-0.2, 0) is 18.4 Å². The molecule has 0 saturated heterocycles. The maximum absolute atomic E-state index is 13.0. The second-order valence-corrected chi connectivity index (χ2v) is 24.5. The largest absolute Gasteiger partial charge is 0.756 e. The van der Waals surface area contributed by atoms with E-state index in [0.717, 1.165) is 122 Å². The van der Waals surface area contributed by atoms with Crippen LogP contribution < -0.4 is 10.2 Å². The molecule has 0 rings (SSSR count). The van der Waals surface area contributed by atoms with Crippen LogP contribution in [0.4, 0.5) is 0 Å². The Morgan fingerprint density at radius 1 is 0.444 bits per heavy atom. The highest BCUT2D eigenvalue weighted by molar-refractivity contribution is 7.45. The second-order valence-electron chi connectivity index (χ2n) is 23.1. The Kier molecular flexibility index (Phi) is 58.7. The molecule has 0 aliphatic rings. The molecule has 0 heterocycles. The molecule has 81 heavy (non-hydrogen) atoms. The predicted molar refractivity (Wildman–Crippen MR) is 352 cm³/mol. The Morgan fingerprint density at radius 2 is 0.765 bits per heavy atom. The van der Waals surface area contributed by atoms with Crippen molar-refractivity contribution in [2.75, 3.05) is 40.9 Å². The number of hydrogen-bond acceptors (Lipinski definition) is 6. The lowest BCUT2D eigenvalue weighted by atomic mass is 10.0. The first-order valence-corrected chi connectivity index (χ1v) is 34.5. The number of carbonyl (C=O) groups excluding carboxylic acids is 1. The number of amides is 1. The number of quaternary nitrogens is 1. The van der Waals surface area contributed by atoms with Gasteiger partial charge in [-0.1, -0.05) is 282 Å². The smallest absolute Gasteiger partial charge is 0.268 e. The molecule has 0 saturated carbocycles. The molecule has 0 spiro atoms. The first-order valence-electron chi connectivity index (χ1n) is 33.0. The average Bonchev–Trinajstić information content (AvgIpc) is 3.43. The Balaban J connectivity index is 4.28. The standard InChI is InChI=1S/C72H125N2O6P/c1-6-8-10-12-14-16-18-20-22-24-26-28-30-32-34-36-37-38-40-42-44-46-48-50-52-54-56-58-60-62-64-66-72(76)73-70(69-80-81(77,78)79-68-67-74(3,4)5)71(75)65-63-61-59-57-55-53-51-49-47-45-43-41-39-35-33-31-29-27-25-23-21-19-17-15-13-11-9-7-2/h8,10,14,16,20,22,26,28,32,34,37-38,42,44,47-50,55,57,63,65,70-71,75H,6-7,9,11-13,15,17-19,21,23-25,27,29-31,33,35-36,39-41,43,45-46,51-54,56,58-62,64,66-69H2,1-5H3,(H-,73,76,77,78)/b10-8-,16-14-,22-20-,28-26-,34-32-,38-37-,44-42-,49-47+,50-48-,57-55+,65-63+. The Labute approximate surface area is 500 Å². The van der Waals surface area contributed by atoms with Crippen molar-refractivity contribution < 1.29 is 32.9 Å². The fourth-order valence-electron chi connectivity index (χ4n) is 8.97. The molecule has 0 radical (unpaired) electrons. The highest BCUT2D eigenvalue weighted by Gasteiger charge is 2.23. The number of phosphoric ester groups is 1. The van der Waals surface area contributed by atoms with Crippen LogP contribution in [0, 0.1) is 0 Å². The van der Waals surface area contributed by atoms with Crippen LogP contribution in [0.15, 0.2) is 134 Å². The average molecular weight is 1150 g/mol. The van der Waals surface area contributed by atoms with Crippen LogP contribution in [0.2, 0.25) is 0 Å². The summed E-state index contributed by atoms with van der Waals surface area (Å²) < 4.78 is 23.4. The summed E-state index contributed by atoms with van der Waals surface area (Å²) in [7, 11) is 1.21. The van der Waals surface area contributed by atoms with Gasteiger partial charge in [0.1, 0.15) is 13.2 Å². The third-order valence-electron chi connectivity index (χ3n) is 14.1. The van der Waals surface area contributed by atoms with E-state index < -0.39 is 26.6 Å². The van der Waals surface area contributed by atoms with Gasteiger partial charge in [0, 0.05) is 6.42 Å². The van der Waals surface area contributed by atoms with E-state index in [-0.39, 0.29) is 12.5 Å². The van der Waals surface area contributed by atoms with E-state index in [1.54, 1.807) is 6.08 Å². The number of carbonyl (C=O) groups is 1. The molecule has 8 nitrogen and oxygen atoms in total. The molecule has 1 amide bonds. The summed E-state index contributed by atoms with van der Waals surface area (Å²) in [4.78, 5) is 25.6. The molecular weight excluding hydrogens is 1020 g/mol. The number of phosphoric acid groups is 1. The number of unbranched alkanes of at least 4 members (excludes halogenated alkanes) is 26. The monoisotopic (exact) mass is 1140 g/mol. The first-order chi connectivity index (χ1) is 39.5. The van der Waals surface area contributed by atoms with Crippen LogP contribution in [0.1, 0.15) is 264 Å². The van der Waals surface area contributed by atoms with Crippen LogP contribution in [0.3, 0.4) is 0 Å². The fraction of sp³-hybridized carbons (Fsp3) is 0.681. The topological polar surface area (TPSA) is 108 Å². The lowest BCUT2D eigenvalue weighted by Gasteiger charge is -2.29. The van der Waals surface area contributed by atoms with E-state index in [2.05, 4.69) is 141 Å². The van der Waals surface area contributed by atoms with Gasteiger partial charge >= 0.3 is 0 Å².